The maximum atomic E-state index is 12.7. The smallest absolute Gasteiger partial charge is 0.228 e. The van der Waals surface area contributed by atoms with E-state index in [1.165, 1.54) is 5.56 Å². The second-order valence-corrected chi connectivity index (χ2v) is 7.69. The fourth-order valence-corrected chi connectivity index (χ4v) is 3.64. The lowest BCUT2D eigenvalue weighted by Crippen LogP contribution is -2.38. The van der Waals surface area contributed by atoms with Gasteiger partial charge in [0.2, 0.25) is 11.8 Å². The maximum Gasteiger partial charge on any atom is 0.228 e. The Morgan fingerprint density at radius 2 is 2.04 bits per heavy atom. The molecular weight excluding hydrogens is 302 g/mol. The summed E-state index contributed by atoms with van der Waals surface area (Å²) in [4.78, 5) is 28.8. The number of carbonyl (C=O) groups is 2. The van der Waals surface area contributed by atoms with Crippen molar-refractivity contribution in [3.05, 3.63) is 35.4 Å². The summed E-state index contributed by atoms with van der Waals surface area (Å²) in [6, 6.07) is 8.20. The summed E-state index contributed by atoms with van der Waals surface area (Å²) >= 11 is 0. The van der Waals surface area contributed by atoms with Gasteiger partial charge in [0.25, 0.3) is 0 Å². The zero-order valence-corrected chi connectivity index (χ0v) is 14.6. The highest BCUT2D eigenvalue weighted by molar-refractivity contribution is 5.89. The van der Waals surface area contributed by atoms with Crippen LogP contribution >= 0.6 is 0 Å². The molecule has 1 aromatic carbocycles. The molecular formula is C19H27N3O2. The van der Waals surface area contributed by atoms with Gasteiger partial charge in [0, 0.05) is 32.6 Å². The van der Waals surface area contributed by atoms with Gasteiger partial charge in [-0.3, -0.25) is 9.59 Å². The van der Waals surface area contributed by atoms with E-state index in [4.69, 9.17) is 5.73 Å². The highest BCUT2D eigenvalue weighted by Gasteiger charge is 2.41. The van der Waals surface area contributed by atoms with Crippen molar-refractivity contribution in [1.29, 1.82) is 0 Å². The van der Waals surface area contributed by atoms with Crippen LogP contribution in [0.4, 0.5) is 0 Å². The van der Waals surface area contributed by atoms with Gasteiger partial charge < -0.3 is 15.5 Å². The molecule has 0 saturated carbocycles. The molecule has 0 radical (unpaired) electrons. The van der Waals surface area contributed by atoms with Crippen LogP contribution in [0, 0.1) is 18.3 Å². The average molecular weight is 329 g/mol. The number of aryl methyl sites for hydroxylation is 1. The van der Waals surface area contributed by atoms with Gasteiger partial charge in [0.05, 0.1) is 5.92 Å². The number of carbonyl (C=O) groups excluding carboxylic acids is 2. The van der Waals surface area contributed by atoms with E-state index in [0.29, 0.717) is 32.6 Å². The van der Waals surface area contributed by atoms with Gasteiger partial charge in [-0.1, -0.05) is 36.8 Å². The van der Waals surface area contributed by atoms with Crippen LogP contribution in [-0.4, -0.2) is 47.8 Å². The molecule has 3 rings (SSSR count). The molecule has 2 atom stereocenters. The Bertz CT molecular complexity index is 628. The Morgan fingerprint density at radius 1 is 1.33 bits per heavy atom. The third-order valence-electron chi connectivity index (χ3n) is 5.42. The van der Waals surface area contributed by atoms with Gasteiger partial charge in [-0.05, 0) is 30.9 Å². The Hall–Kier alpha value is -1.88. The molecule has 2 aliphatic rings. The number of benzene rings is 1. The summed E-state index contributed by atoms with van der Waals surface area (Å²) < 4.78 is 0. The van der Waals surface area contributed by atoms with Crippen molar-refractivity contribution in [2.24, 2.45) is 17.1 Å². The van der Waals surface area contributed by atoms with Crippen LogP contribution in [-0.2, 0) is 16.1 Å². The molecule has 2 saturated heterocycles. The summed E-state index contributed by atoms with van der Waals surface area (Å²) in [5, 5.41) is 0. The van der Waals surface area contributed by atoms with Crippen LogP contribution in [0.15, 0.2) is 24.3 Å². The summed E-state index contributed by atoms with van der Waals surface area (Å²) in [5.41, 5.74) is 8.17. The van der Waals surface area contributed by atoms with Crippen LogP contribution in [0.25, 0.3) is 0 Å². The molecule has 0 aromatic heterocycles. The van der Waals surface area contributed by atoms with Gasteiger partial charge in [-0.15, -0.1) is 0 Å². The van der Waals surface area contributed by atoms with Gasteiger partial charge in [-0.2, -0.15) is 0 Å². The average Bonchev–Trinajstić information content (AvgIpc) is 3.13. The lowest BCUT2D eigenvalue weighted by Gasteiger charge is -2.24. The predicted octanol–water partition coefficient (Wildman–Crippen LogP) is 1.54. The molecule has 24 heavy (non-hydrogen) atoms. The van der Waals surface area contributed by atoms with Crippen molar-refractivity contribution >= 4 is 11.8 Å². The fraction of sp³-hybridized carbons (Fsp3) is 0.579. The van der Waals surface area contributed by atoms with Gasteiger partial charge in [0.15, 0.2) is 0 Å². The number of hydrogen-bond acceptors (Lipinski definition) is 3. The lowest BCUT2D eigenvalue weighted by atomic mass is 9.90. The zero-order chi connectivity index (χ0) is 17.3. The highest BCUT2D eigenvalue weighted by Crippen LogP contribution is 2.31. The molecule has 2 amide bonds. The SMILES string of the molecule is Cc1ccc(CN2CC(C(=O)N3CCC(C)(CN)C3)CC2=O)cc1. The molecule has 2 unspecified atom stereocenters. The largest absolute Gasteiger partial charge is 0.342 e. The molecule has 0 spiro atoms. The van der Waals surface area contributed by atoms with E-state index in [9.17, 15) is 9.59 Å². The topological polar surface area (TPSA) is 66.6 Å². The monoisotopic (exact) mass is 329 g/mol. The number of rotatable bonds is 4. The fourth-order valence-electron chi connectivity index (χ4n) is 3.64. The van der Waals surface area contributed by atoms with E-state index in [-0.39, 0.29) is 23.1 Å². The number of nitrogens with zero attached hydrogens (tertiary/aromatic N) is 2. The molecule has 130 valence electrons. The minimum absolute atomic E-state index is 0.0276. The first-order valence-electron chi connectivity index (χ1n) is 8.72. The van der Waals surface area contributed by atoms with Crippen molar-refractivity contribution in [2.45, 2.75) is 33.2 Å². The maximum absolute atomic E-state index is 12.7. The molecule has 2 aliphatic heterocycles. The predicted molar refractivity (Wildman–Crippen MR) is 93.1 cm³/mol. The van der Waals surface area contributed by atoms with Gasteiger partial charge in [0.1, 0.15) is 0 Å². The van der Waals surface area contributed by atoms with Crippen molar-refractivity contribution in [1.82, 2.24) is 9.80 Å². The second-order valence-electron chi connectivity index (χ2n) is 7.69. The Kier molecular flexibility index (Phi) is 4.63. The number of hydrogen-bond donors (Lipinski definition) is 1. The molecule has 1 aromatic rings. The first-order chi connectivity index (χ1) is 11.4. The number of nitrogens with two attached hydrogens (primary N) is 1. The first-order valence-corrected chi connectivity index (χ1v) is 8.72. The van der Waals surface area contributed by atoms with Crippen LogP contribution in [0.2, 0.25) is 0 Å². The molecule has 0 bridgehead atoms. The van der Waals surface area contributed by atoms with Crippen molar-refractivity contribution in [3.8, 4) is 0 Å². The van der Waals surface area contributed by atoms with Crippen LogP contribution in [0.3, 0.4) is 0 Å². The third kappa shape index (κ3) is 3.46. The van der Waals surface area contributed by atoms with E-state index in [1.54, 1.807) is 0 Å². The number of likely N-dealkylation sites (tertiary alicyclic amines) is 2. The van der Waals surface area contributed by atoms with Crippen LogP contribution in [0.1, 0.15) is 30.9 Å². The van der Waals surface area contributed by atoms with Gasteiger partial charge >= 0.3 is 0 Å². The molecule has 2 heterocycles. The first kappa shape index (κ1) is 17.0. The highest BCUT2D eigenvalue weighted by atomic mass is 16.2. The molecule has 5 heteroatoms. The number of amides is 2. The van der Waals surface area contributed by atoms with Crippen LogP contribution < -0.4 is 5.73 Å². The Morgan fingerprint density at radius 3 is 2.67 bits per heavy atom. The summed E-state index contributed by atoms with van der Waals surface area (Å²) in [6.07, 6.45) is 1.28. The van der Waals surface area contributed by atoms with E-state index in [2.05, 4.69) is 19.1 Å². The molecule has 0 aliphatic carbocycles. The minimum atomic E-state index is -0.205. The third-order valence-corrected chi connectivity index (χ3v) is 5.42. The van der Waals surface area contributed by atoms with E-state index in [1.807, 2.05) is 28.9 Å². The van der Waals surface area contributed by atoms with Gasteiger partial charge in [-0.25, -0.2) is 0 Å². The van der Waals surface area contributed by atoms with Crippen molar-refractivity contribution < 1.29 is 9.59 Å². The normalized spacial score (nSPS) is 27.1. The second kappa shape index (κ2) is 6.55. The zero-order valence-electron chi connectivity index (χ0n) is 14.6. The molecule has 2 fully saturated rings. The minimum Gasteiger partial charge on any atom is -0.342 e. The quantitative estimate of drug-likeness (QED) is 0.911. The van der Waals surface area contributed by atoms with Crippen molar-refractivity contribution in [2.75, 3.05) is 26.2 Å². The van der Waals surface area contributed by atoms with Crippen LogP contribution in [0.5, 0.6) is 0 Å². The Labute approximate surface area is 143 Å². The summed E-state index contributed by atoms with van der Waals surface area (Å²) in [6.45, 7) is 7.36. The standard InChI is InChI=1S/C19H27N3O2/c1-14-3-5-15(6-4-14)10-22-11-16(9-17(22)23)18(24)21-8-7-19(2,12-20)13-21/h3-6,16H,7-13,20H2,1-2H3. The van der Waals surface area contributed by atoms with E-state index >= 15 is 0 Å². The van der Waals surface area contributed by atoms with E-state index < -0.39 is 0 Å². The van der Waals surface area contributed by atoms with Crippen molar-refractivity contribution in [3.63, 3.8) is 0 Å². The molecule has 2 N–H and O–H groups in total. The lowest BCUT2D eigenvalue weighted by molar-refractivity contribution is -0.135. The Balaban J connectivity index is 1.60. The van der Waals surface area contributed by atoms with E-state index in [0.717, 1.165) is 18.5 Å². The summed E-state index contributed by atoms with van der Waals surface area (Å²) in [5.74, 6) is -0.00953. The molecule has 5 nitrogen and oxygen atoms in total. The summed E-state index contributed by atoms with van der Waals surface area (Å²) in [7, 11) is 0.